The van der Waals surface area contributed by atoms with E-state index in [9.17, 15) is 0 Å². The van der Waals surface area contributed by atoms with Gasteiger partial charge in [0.25, 0.3) is 0 Å². The first-order valence-corrected chi connectivity index (χ1v) is 5.57. The highest BCUT2D eigenvalue weighted by Crippen LogP contribution is 2.46. The summed E-state index contributed by atoms with van der Waals surface area (Å²) in [7, 11) is 0. The van der Waals surface area contributed by atoms with E-state index in [0.29, 0.717) is 11.6 Å². The molecule has 0 aromatic carbocycles. The van der Waals surface area contributed by atoms with Crippen molar-refractivity contribution >= 4 is 0 Å². The molecule has 2 heteroatoms. The van der Waals surface area contributed by atoms with Crippen LogP contribution < -0.4 is 5.73 Å². The number of hydrogen-bond acceptors (Lipinski definition) is 2. The minimum atomic E-state index is 0.405. The third-order valence-corrected chi connectivity index (χ3v) is 3.98. The van der Waals surface area contributed by atoms with Crippen molar-refractivity contribution < 1.29 is 0 Å². The summed E-state index contributed by atoms with van der Waals surface area (Å²) in [5.74, 6) is 1.66. The Labute approximate surface area is 81.5 Å². The van der Waals surface area contributed by atoms with Crippen molar-refractivity contribution in [2.24, 2.45) is 17.6 Å². The molecule has 2 aliphatic rings. The molecule has 0 bridgehead atoms. The van der Waals surface area contributed by atoms with E-state index in [-0.39, 0.29) is 0 Å². The molecule has 76 valence electrons. The Morgan fingerprint density at radius 3 is 2.31 bits per heavy atom. The average Bonchev–Trinajstić information content (AvgIpc) is 2.47. The number of likely N-dealkylation sites (tertiary alicyclic amines) is 1. The van der Waals surface area contributed by atoms with Crippen molar-refractivity contribution in [2.45, 2.75) is 45.2 Å². The molecule has 2 nitrogen and oxygen atoms in total. The molecule has 2 atom stereocenters. The molecular formula is C11H22N2. The van der Waals surface area contributed by atoms with Gasteiger partial charge in [0.05, 0.1) is 0 Å². The van der Waals surface area contributed by atoms with Gasteiger partial charge in [-0.15, -0.1) is 0 Å². The molecule has 1 saturated heterocycles. The lowest BCUT2D eigenvalue weighted by molar-refractivity contribution is 0.124. The van der Waals surface area contributed by atoms with E-state index in [1.165, 1.54) is 25.9 Å². The lowest BCUT2D eigenvalue weighted by atomic mass is 9.96. The summed E-state index contributed by atoms with van der Waals surface area (Å²) in [4.78, 5) is 2.63. The van der Waals surface area contributed by atoms with Gasteiger partial charge in [-0.3, -0.25) is 4.90 Å². The van der Waals surface area contributed by atoms with Crippen molar-refractivity contribution in [2.75, 3.05) is 13.1 Å². The predicted octanol–water partition coefficient (Wildman–Crippen LogP) is 1.45. The van der Waals surface area contributed by atoms with Crippen LogP contribution in [-0.2, 0) is 0 Å². The summed E-state index contributed by atoms with van der Waals surface area (Å²) in [6.07, 6.45) is 2.59. The van der Waals surface area contributed by atoms with Crippen molar-refractivity contribution in [1.82, 2.24) is 4.90 Å². The van der Waals surface area contributed by atoms with Crippen LogP contribution in [0.3, 0.4) is 0 Å². The summed E-state index contributed by atoms with van der Waals surface area (Å²) in [6, 6.07) is 0.536. The van der Waals surface area contributed by atoms with Gasteiger partial charge in [0.2, 0.25) is 0 Å². The van der Waals surface area contributed by atoms with Crippen LogP contribution in [0.1, 0.15) is 33.6 Å². The molecule has 13 heavy (non-hydrogen) atoms. The molecule has 1 aliphatic heterocycles. The van der Waals surface area contributed by atoms with Crippen LogP contribution in [0.2, 0.25) is 0 Å². The van der Waals surface area contributed by atoms with Crippen LogP contribution in [0.15, 0.2) is 0 Å². The molecule has 2 N–H and O–H groups in total. The van der Waals surface area contributed by atoms with Gasteiger partial charge in [-0.2, -0.15) is 0 Å². The van der Waals surface area contributed by atoms with Gasteiger partial charge in [0, 0.05) is 24.7 Å². The monoisotopic (exact) mass is 182 g/mol. The molecule has 0 aromatic rings. The molecular weight excluding hydrogens is 160 g/mol. The molecule has 1 aliphatic carbocycles. The van der Waals surface area contributed by atoms with E-state index < -0.39 is 0 Å². The number of nitrogens with two attached hydrogens (primary N) is 1. The van der Waals surface area contributed by atoms with E-state index in [1.54, 1.807) is 0 Å². The second-order valence-electron chi connectivity index (χ2n) is 5.37. The molecule has 1 saturated carbocycles. The molecule has 0 aromatic heterocycles. The van der Waals surface area contributed by atoms with Crippen molar-refractivity contribution in [3.8, 4) is 0 Å². The Hall–Kier alpha value is -0.0800. The van der Waals surface area contributed by atoms with E-state index in [1.807, 2.05) is 0 Å². The Kier molecular flexibility index (Phi) is 2.16. The zero-order valence-corrected chi connectivity index (χ0v) is 9.09. The molecule has 0 amide bonds. The molecule has 2 fully saturated rings. The highest BCUT2D eigenvalue weighted by molar-refractivity contribution is 5.10. The fraction of sp³-hybridized carbons (Fsp3) is 1.00. The molecule has 2 rings (SSSR count). The lowest BCUT2D eigenvalue weighted by Gasteiger charge is -2.37. The van der Waals surface area contributed by atoms with Crippen LogP contribution in [0.5, 0.6) is 0 Å². The molecule has 0 spiro atoms. The minimum Gasteiger partial charge on any atom is -0.327 e. The van der Waals surface area contributed by atoms with Crippen LogP contribution in [0.4, 0.5) is 0 Å². The zero-order chi connectivity index (χ0) is 9.64. The predicted molar refractivity (Wildman–Crippen MR) is 55.5 cm³/mol. The second-order valence-corrected chi connectivity index (χ2v) is 5.37. The normalized spacial score (nSPS) is 39.2. The third-order valence-electron chi connectivity index (χ3n) is 3.98. The molecule has 1 heterocycles. The fourth-order valence-electron chi connectivity index (χ4n) is 2.84. The number of fused-ring (bicyclic) bond motifs is 1. The fourth-order valence-corrected chi connectivity index (χ4v) is 2.84. The van der Waals surface area contributed by atoms with E-state index >= 15 is 0 Å². The third kappa shape index (κ3) is 1.50. The summed E-state index contributed by atoms with van der Waals surface area (Å²) in [5.41, 5.74) is 6.33. The van der Waals surface area contributed by atoms with Crippen molar-refractivity contribution in [3.63, 3.8) is 0 Å². The average molecular weight is 182 g/mol. The Balaban J connectivity index is 1.90. The maximum absolute atomic E-state index is 5.92. The number of rotatable bonds is 3. The smallest absolute Gasteiger partial charge is 0.0153 e. The maximum Gasteiger partial charge on any atom is 0.0153 e. The van der Waals surface area contributed by atoms with E-state index in [0.717, 1.165) is 11.8 Å². The quantitative estimate of drug-likeness (QED) is 0.716. The van der Waals surface area contributed by atoms with Gasteiger partial charge in [0.15, 0.2) is 0 Å². The summed E-state index contributed by atoms with van der Waals surface area (Å²) >= 11 is 0. The summed E-state index contributed by atoms with van der Waals surface area (Å²) < 4.78 is 0. The summed E-state index contributed by atoms with van der Waals surface area (Å²) in [5, 5.41) is 0. The Morgan fingerprint density at radius 2 is 1.85 bits per heavy atom. The maximum atomic E-state index is 5.92. The van der Waals surface area contributed by atoms with Gasteiger partial charge in [-0.1, -0.05) is 13.3 Å². The van der Waals surface area contributed by atoms with E-state index in [4.69, 9.17) is 5.73 Å². The van der Waals surface area contributed by atoms with Crippen molar-refractivity contribution in [1.29, 1.82) is 0 Å². The standard InChI is InChI=1S/C11H22N2/c1-4-5-11(2,3)13-6-8-9(7-13)10(8)12/h8-10H,4-7,12H2,1-3H3. The van der Waals surface area contributed by atoms with Gasteiger partial charge < -0.3 is 5.73 Å². The minimum absolute atomic E-state index is 0.405. The Morgan fingerprint density at radius 1 is 1.31 bits per heavy atom. The SMILES string of the molecule is CCCC(C)(C)N1CC2C(N)C2C1. The van der Waals surface area contributed by atoms with Crippen LogP contribution >= 0.6 is 0 Å². The van der Waals surface area contributed by atoms with Gasteiger partial charge in [0.1, 0.15) is 0 Å². The van der Waals surface area contributed by atoms with E-state index in [2.05, 4.69) is 25.7 Å². The highest BCUT2D eigenvalue weighted by Gasteiger charge is 2.55. The lowest BCUT2D eigenvalue weighted by Crippen LogP contribution is -2.44. The molecule has 0 radical (unpaired) electrons. The number of nitrogens with zero attached hydrogens (tertiary/aromatic N) is 1. The summed E-state index contributed by atoms with van der Waals surface area (Å²) in [6.45, 7) is 9.50. The zero-order valence-electron chi connectivity index (χ0n) is 9.09. The van der Waals surface area contributed by atoms with Crippen LogP contribution in [-0.4, -0.2) is 29.6 Å². The van der Waals surface area contributed by atoms with Crippen LogP contribution in [0, 0.1) is 11.8 Å². The number of piperidine rings is 1. The first kappa shape index (κ1) is 9.47. The topological polar surface area (TPSA) is 29.3 Å². The number of hydrogen-bond donors (Lipinski definition) is 1. The van der Waals surface area contributed by atoms with Gasteiger partial charge in [-0.25, -0.2) is 0 Å². The van der Waals surface area contributed by atoms with Gasteiger partial charge >= 0.3 is 0 Å². The highest BCUT2D eigenvalue weighted by atomic mass is 15.2. The first-order chi connectivity index (χ1) is 6.06. The largest absolute Gasteiger partial charge is 0.327 e. The van der Waals surface area contributed by atoms with Gasteiger partial charge in [-0.05, 0) is 32.1 Å². The van der Waals surface area contributed by atoms with Crippen molar-refractivity contribution in [3.05, 3.63) is 0 Å². The first-order valence-electron chi connectivity index (χ1n) is 5.57. The molecule has 2 unspecified atom stereocenters. The van der Waals surface area contributed by atoms with Crippen LogP contribution in [0.25, 0.3) is 0 Å². The Bertz CT molecular complexity index is 188. The second kappa shape index (κ2) is 2.96.